The van der Waals surface area contributed by atoms with Gasteiger partial charge >= 0.3 is 0 Å². The third-order valence-electron chi connectivity index (χ3n) is 6.15. The Hall–Kier alpha value is -0.730. The van der Waals surface area contributed by atoms with Gasteiger partial charge in [0.2, 0.25) is 0 Å². The van der Waals surface area contributed by atoms with E-state index in [4.69, 9.17) is 16.3 Å². The maximum Gasteiger partial charge on any atom is 0.127 e. The van der Waals surface area contributed by atoms with E-state index in [9.17, 15) is 0 Å². The number of halogens is 1. The number of rotatable bonds is 4. The minimum atomic E-state index is 0.810. The summed E-state index contributed by atoms with van der Waals surface area (Å²) in [5.74, 6) is 5.01. The second kappa shape index (κ2) is 5.48. The molecule has 4 saturated carbocycles. The fraction of sp³-hybridized carbons (Fsp3) is 0.667. The molecule has 0 amide bonds. The third-order valence-corrected chi connectivity index (χ3v) is 6.39. The van der Waals surface area contributed by atoms with Crippen LogP contribution in [0.1, 0.15) is 37.7 Å². The summed E-state index contributed by atoms with van der Waals surface area (Å²) in [7, 11) is 1.75. The van der Waals surface area contributed by atoms with Crippen LogP contribution in [0.4, 0.5) is 0 Å². The van der Waals surface area contributed by atoms with Gasteiger partial charge in [0, 0.05) is 22.4 Å². The molecule has 4 bridgehead atoms. The molecule has 4 fully saturated rings. The van der Waals surface area contributed by atoms with Crippen molar-refractivity contribution in [2.24, 2.45) is 23.7 Å². The lowest BCUT2D eigenvalue weighted by Gasteiger charge is -2.52. The molecule has 2 nitrogen and oxygen atoms in total. The van der Waals surface area contributed by atoms with E-state index in [0.717, 1.165) is 47.0 Å². The lowest BCUT2D eigenvalue weighted by Crippen LogP contribution is -2.93. The summed E-state index contributed by atoms with van der Waals surface area (Å²) in [4.78, 5) is 0. The molecule has 1 aromatic rings. The van der Waals surface area contributed by atoms with Gasteiger partial charge in [-0.05, 0) is 62.1 Å². The number of methoxy groups -OCH3 is 1. The monoisotopic (exact) mass is 306 g/mol. The van der Waals surface area contributed by atoms with Crippen LogP contribution < -0.4 is 10.1 Å². The Morgan fingerprint density at radius 3 is 2.38 bits per heavy atom. The highest BCUT2D eigenvalue weighted by molar-refractivity contribution is 6.30. The van der Waals surface area contributed by atoms with Gasteiger partial charge in [-0.3, -0.25) is 0 Å². The minimum absolute atomic E-state index is 0.810. The van der Waals surface area contributed by atoms with E-state index in [1.165, 1.54) is 37.7 Å². The highest BCUT2D eigenvalue weighted by Gasteiger charge is 2.50. The van der Waals surface area contributed by atoms with E-state index in [1.807, 2.05) is 12.1 Å². The first-order chi connectivity index (χ1) is 10.2. The number of hydrogen-bond donors (Lipinski definition) is 1. The zero-order valence-corrected chi connectivity index (χ0v) is 13.5. The van der Waals surface area contributed by atoms with Gasteiger partial charge in [0.25, 0.3) is 0 Å². The first-order valence-corrected chi connectivity index (χ1v) is 8.76. The van der Waals surface area contributed by atoms with E-state index >= 15 is 0 Å². The van der Waals surface area contributed by atoms with Crippen molar-refractivity contribution in [1.29, 1.82) is 0 Å². The lowest BCUT2D eigenvalue weighted by atomic mass is 9.54. The van der Waals surface area contributed by atoms with Gasteiger partial charge in [-0.25, -0.2) is 0 Å². The molecule has 0 aliphatic heterocycles. The number of ether oxygens (including phenoxy) is 1. The first kappa shape index (κ1) is 13.9. The zero-order valence-electron chi connectivity index (χ0n) is 12.7. The molecule has 0 spiro atoms. The fourth-order valence-corrected chi connectivity index (χ4v) is 5.72. The van der Waals surface area contributed by atoms with Crippen LogP contribution in [-0.2, 0) is 6.54 Å². The molecule has 1 aromatic carbocycles. The Balaban J connectivity index is 1.46. The van der Waals surface area contributed by atoms with Crippen molar-refractivity contribution in [3.8, 4) is 5.75 Å². The van der Waals surface area contributed by atoms with Gasteiger partial charge in [0.1, 0.15) is 12.3 Å². The van der Waals surface area contributed by atoms with Crippen LogP contribution in [-0.4, -0.2) is 13.2 Å². The molecule has 0 atom stereocenters. The van der Waals surface area contributed by atoms with Crippen molar-refractivity contribution in [3.63, 3.8) is 0 Å². The second-order valence-corrected chi connectivity index (χ2v) is 7.84. The van der Waals surface area contributed by atoms with Crippen LogP contribution in [0.3, 0.4) is 0 Å². The summed E-state index contributed by atoms with van der Waals surface area (Å²) in [5.41, 5.74) is 1.24. The predicted molar refractivity (Wildman–Crippen MR) is 84.5 cm³/mol. The summed E-state index contributed by atoms with van der Waals surface area (Å²) in [5, 5.41) is 3.39. The van der Waals surface area contributed by atoms with E-state index < -0.39 is 0 Å². The number of quaternary nitrogens is 1. The molecule has 3 heteroatoms. The van der Waals surface area contributed by atoms with Crippen molar-refractivity contribution in [3.05, 3.63) is 28.8 Å². The summed E-state index contributed by atoms with van der Waals surface area (Å²) < 4.78 is 5.48. The van der Waals surface area contributed by atoms with Crippen molar-refractivity contribution in [2.75, 3.05) is 7.11 Å². The molecule has 0 saturated heterocycles. The van der Waals surface area contributed by atoms with E-state index in [0.29, 0.717) is 0 Å². The highest BCUT2D eigenvalue weighted by Crippen LogP contribution is 2.52. The molecule has 0 unspecified atom stereocenters. The second-order valence-electron chi connectivity index (χ2n) is 7.40. The summed E-state index contributed by atoms with van der Waals surface area (Å²) >= 11 is 6.15. The SMILES string of the molecule is COc1ccc(Cl)cc1C[NH2+]C1C2CC3CC(C2)CC1C3. The molecular weight excluding hydrogens is 282 g/mol. The van der Waals surface area contributed by atoms with Gasteiger partial charge in [0.05, 0.1) is 13.2 Å². The molecule has 114 valence electrons. The van der Waals surface area contributed by atoms with E-state index in [1.54, 1.807) is 7.11 Å². The van der Waals surface area contributed by atoms with Gasteiger partial charge in [0.15, 0.2) is 0 Å². The summed E-state index contributed by atoms with van der Waals surface area (Å²) in [6.45, 7) is 0.997. The highest BCUT2D eigenvalue weighted by atomic mass is 35.5. The molecule has 2 N–H and O–H groups in total. The standard InChI is InChI=1S/C18H24ClNO/c1-21-17-3-2-16(19)9-15(17)10-20-18-13-5-11-4-12(7-13)8-14(18)6-11/h2-3,9,11-14,18,20H,4-8,10H2,1H3/p+1. The Labute approximate surface area is 132 Å². The maximum absolute atomic E-state index is 6.15. The lowest BCUT2D eigenvalue weighted by molar-refractivity contribution is -0.723. The molecule has 21 heavy (non-hydrogen) atoms. The van der Waals surface area contributed by atoms with Crippen LogP contribution in [0.15, 0.2) is 18.2 Å². The number of nitrogens with two attached hydrogens (primary N) is 1. The molecule has 4 aliphatic carbocycles. The van der Waals surface area contributed by atoms with Crippen molar-refractivity contribution < 1.29 is 10.1 Å². The minimum Gasteiger partial charge on any atom is -0.496 e. The Bertz CT molecular complexity index is 502. The van der Waals surface area contributed by atoms with Crippen LogP contribution in [0.2, 0.25) is 5.02 Å². The van der Waals surface area contributed by atoms with Crippen LogP contribution in [0.5, 0.6) is 5.75 Å². The van der Waals surface area contributed by atoms with Gasteiger partial charge < -0.3 is 10.1 Å². The van der Waals surface area contributed by atoms with Gasteiger partial charge in [-0.15, -0.1) is 0 Å². The Morgan fingerprint density at radius 1 is 1.10 bits per heavy atom. The van der Waals surface area contributed by atoms with Crippen molar-refractivity contribution >= 4 is 11.6 Å². The topological polar surface area (TPSA) is 25.8 Å². The van der Waals surface area contributed by atoms with Crippen LogP contribution >= 0.6 is 11.6 Å². The smallest absolute Gasteiger partial charge is 0.127 e. The third kappa shape index (κ3) is 2.57. The maximum atomic E-state index is 6.15. The van der Waals surface area contributed by atoms with Gasteiger partial charge in [-0.1, -0.05) is 11.6 Å². The normalized spacial score (nSPS) is 37.0. The molecule has 5 rings (SSSR count). The largest absolute Gasteiger partial charge is 0.496 e. The summed E-state index contributed by atoms with van der Waals surface area (Å²) in [6, 6.07) is 6.80. The quantitative estimate of drug-likeness (QED) is 0.908. The predicted octanol–water partition coefficient (Wildman–Crippen LogP) is 3.24. The van der Waals surface area contributed by atoms with Crippen LogP contribution in [0.25, 0.3) is 0 Å². The molecular formula is C18H25ClNO+. The first-order valence-electron chi connectivity index (χ1n) is 8.38. The van der Waals surface area contributed by atoms with Crippen molar-refractivity contribution in [2.45, 2.75) is 44.7 Å². The van der Waals surface area contributed by atoms with Crippen LogP contribution in [0, 0.1) is 23.7 Å². The molecule has 0 aromatic heterocycles. The zero-order chi connectivity index (χ0) is 14.4. The van der Waals surface area contributed by atoms with E-state index in [2.05, 4.69) is 11.4 Å². The summed E-state index contributed by atoms with van der Waals surface area (Å²) in [6.07, 6.45) is 7.48. The Morgan fingerprint density at radius 2 is 1.76 bits per heavy atom. The average molecular weight is 307 g/mol. The number of hydrogen-bond acceptors (Lipinski definition) is 1. The van der Waals surface area contributed by atoms with E-state index in [-0.39, 0.29) is 0 Å². The van der Waals surface area contributed by atoms with Crippen molar-refractivity contribution in [1.82, 2.24) is 0 Å². The fourth-order valence-electron chi connectivity index (χ4n) is 5.52. The Kier molecular flexibility index (Phi) is 3.63. The van der Waals surface area contributed by atoms with Gasteiger partial charge in [-0.2, -0.15) is 0 Å². The number of benzene rings is 1. The average Bonchev–Trinajstić information content (AvgIpc) is 2.46. The molecule has 4 aliphatic rings. The molecule has 0 radical (unpaired) electrons. The molecule has 0 heterocycles.